The number of thiol groups is 1. The summed E-state index contributed by atoms with van der Waals surface area (Å²) in [5.74, 6) is 0.937. The predicted molar refractivity (Wildman–Crippen MR) is 138 cm³/mol. The first kappa shape index (κ1) is 25.0. The molecule has 0 saturated carbocycles. The van der Waals surface area contributed by atoms with Crippen LogP contribution < -0.4 is 10.1 Å². The number of rotatable bonds is 11. The molecule has 0 bridgehead atoms. The van der Waals surface area contributed by atoms with Crippen LogP contribution in [0.5, 0.6) is 5.75 Å². The molecule has 0 aliphatic heterocycles. The summed E-state index contributed by atoms with van der Waals surface area (Å²) in [5.41, 5.74) is 2.58. The number of carbonyl (C=O) groups is 2. The Labute approximate surface area is 215 Å². The van der Waals surface area contributed by atoms with Crippen molar-refractivity contribution in [3.63, 3.8) is 0 Å². The zero-order valence-corrected chi connectivity index (χ0v) is 21.3. The van der Waals surface area contributed by atoms with E-state index >= 15 is 0 Å². The summed E-state index contributed by atoms with van der Waals surface area (Å²) in [7, 11) is 1.30. The fraction of sp³-hybridized carbons (Fsp3) is 0.261. The molecule has 0 fully saturated rings. The Morgan fingerprint density at radius 2 is 2.06 bits per heavy atom. The molecule has 2 heterocycles. The monoisotopic (exact) mass is 529 g/mol. The number of methoxy groups -OCH3 is 1. The van der Waals surface area contributed by atoms with E-state index < -0.39 is 12.0 Å². The van der Waals surface area contributed by atoms with Gasteiger partial charge < -0.3 is 14.8 Å². The number of carbonyl (C=O) groups excluding carboxylic acids is 2. The van der Waals surface area contributed by atoms with E-state index in [1.165, 1.54) is 23.1 Å². The van der Waals surface area contributed by atoms with Crippen molar-refractivity contribution < 1.29 is 19.1 Å². The lowest BCUT2D eigenvalue weighted by Gasteiger charge is -2.16. The number of esters is 1. The van der Waals surface area contributed by atoms with Gasteiger partial charge in [0.2, 0.25) is 5.91 Å². The molecule has 0 aliphatic carbocycles. The third-order valence-corrected chi connectivity index (χ3v) is 7.15. The number of hydrogen-bond donors (Lipinski definition) is 2. The van der Waals surface area contributed by atoms with Gasteiger partial charge in [0.1, 0.15) is 35.0 Å². The van der Waals surface area contributed by atoms with Crippen molar-refractivity contribution in [2.45, 2.75) is 29.3 Å². The first-order chi connectivity index (χ1) is 17.0. The number of ether oxygens (including phenoxy) is 2. The summed E-state index contributed by atoms with van der Waals surface area (Å²) in [5, 5.41) is 10.8. The first-order valence-electron chi connectivity index (χ1n) is 10.6. The molecule has 1 amide bonds. The van der Waals surface area contributed by atoms with Gasteiger partial charge >= 0.3 is 5.97 Å². The van der Waals surface area contributed by atoms with Crippen molar-refractivity contribution in [1.82, 2.24) is 25.3 Å². The Bertz CT molecular complexity index is 1290. The number of hydrogen-bond acceptors (Lipinski definition) is 10. The van der Waals surface area contributed by atoms with Crippen molar-refractivity contribution in [3.05, 3.63) is 66.0 Å². The van der Waals surface area contributed by atoms with E-state index in [1.807, 2.05) is 48.5 Å². The van der Waals surface area contributed by atoms with Gasteiger partial charge in [-0.1, -0.05) is 35.5 Å². The molecule has 4 rings (SSSR count). The van der Waals surface area contributed by atoms with Crippen LogP contribution in [0.2, 0.25) is 0 Å². The topological polar surface area (TPSA) is 108 Å². The zero-order chi connectivity index (χ0) is 24.6. The molecule has 1 N–H and O–H groups in total. The number of aromatic nitrogens is 4. The van der Waals surface area contributed by atoms with Crippen LogP contribution in [0, 0.1) is 0 Å². The van der Waals surface area contributed by atoms with Gasteiger partial charge in [-0.3, -0.25) is 4.79 Å². The maximum absolute atomic E-state index is 12.5. The summed E-state index contributed by atoms with van der Waals surface area (Å²) in [4.78, 5) is 29.0. The minimum Gasteiger partial charge on any atom is -0.487 e. The van der Waals surface area contributed by atoms with Gasteiger partial charge in [0.25, 0.3) is 0 Å². The second-order valence-electron chi connectivity index (χ2n) is 7.47. The number of thiazole rings is 1. The van der Waals surface area contributed by atoms with Gasteiger partial charge in [-0.05, 0) is 23.8 Å². The maximum Gasteiger partial charge on any atom is 0.329 e. The first-order valence-corrected chi connectivity index (χ1v) is 13.0. The van der Waals surface area contributed by atoms with Crippen LogP contribution in [0.25, 0.3) is 10.2 Å². The van der Waals surface area contributed by atoms with Crippen LogP contribution in [0.15, 0.2) is 59.1 Å². The van der Waals surface area contributed by atoms with E-state index in [1.54, 1.807) is 18.0 Å². The SMILES string of the molecule is COC(=O)[C@H](CSCc1ccccc1)NC(=O)Cn1cc(COc2ccc3nc(S)sc3c2)nn1. The summed E-state index contributed by atoms with van der Waals surface area (Å²) in [6.45, 7) is 0.113. The number of thioether (sulfide) groups is 1. The third-order valence-electron chi connectivity index (χ3n) is 4.84. The van der Waals surface area contributed by atoms with Crippen LogP contribution in [0.3, 0.4) is 0 Å². The van der Waals surface area contributed by atoms with Crippen LogP contribution in [-0.4, -0.2) is 50.8 Å². The average Bonchev–Trinajstić information content (AvgIpc) is 3.46. The van der Waals surface area contributed by atoms with Crippen LogP contribution in [0.1, 0.15) is 11.3 Å². The number of nitrogens with one attached hydrogen (secondary N) is 1. The number of fused-ring (bicyclic) bond motifs is 1. The van der Waals surface area contributed by atoms with E-state index in [0.717, 1.165) is 21.5 Å². The quantitative estimate of drug-likeness (QED) is 0.225. The molecule has 2 aromatic heterocycles. The molecular weight excluding hydrogens is 506 g/mol. The number of amides is 1. The molecule has 0 radical (unpaired) electrons. The highest BCUT2D eigenvalue weighted by atomic mass is 32.2. The molecule has 12 heteroatoms. The van der Waals surface area contributed by atoms with Crippen molar-refractivity contribution in [3.8, 4) is 5.75 Å². The standard InChI is InChI=1S/C23H23N5O4S3/c1-31-22(30)19(14-34-13-15-5-3-2-4-6-15)24-21(29)11-28-10-16(26-27-28)12-32-17-7-8-18-20(9-17)35-23(33)25-18/h2-10,19H,11-14H2,1H3,(H,24,29)(H,25,33)/t19-/m0/s1. The summed E-state index contributed by atoms with van der Waals surface area (Å²) < 4.78 is 13.7. The van der Waals surface area contributed by atoms with Crippen LogP contribution >= 0.6 is 35.7 Å². The van der Waals surface area contributed by atoms with E-state index in [2.05, 4.69) is 33.2 Å². The molecule has 0 aliphatic rings. The number of benzene rings is 2. The molecule has 35 heavy (non-hydrogen) atoms. The minimum absolute atomic E-state index is 0.0820. The van der Waals surface area contributed by atoms with E-state index in [0.29, 0.717) is 21.5 Å². The highest BCUT2D eigenvalue weighted by Crippen LogP contribution is 2.28. The lowest BCUT2D eigenvalue weighted by atomic mass is 10.2. The van der Waals surface area contributed by atoms with Crippen molar-refractivity contribution >= 4 is 57.8 Å². The molecule has 9 nitrogen and oxygen atoms in total. The minimum atomic E-state index is -0.757. The fourth-order valence-electron chi connectivity index (χ4n) is 3.19. The van der Waals surface area contributed by atoms with Crippen molar-refractivity contribution in [1.29, 1.82) is 0 Å². The predicted octanol–water partition coefficient (Wildman–Crippen LogP) is 3.35. The molecule has 0 unspecified atom stereocenters. The molecule has 0 spiro atoms. The molecular formula is C23H23N5O4S3. The Morgan fingerprint density at radius 3 is 2.86 bits per heavy atom. The number of nitrogens with zero attached hydrogens (tertiary/aromatic N) is 4. The third kappa shape index (κ3) is 7.20. The van der Waals surface area contributed by atoms with Crippen molar-refractivity contribution in [2.75, 3.05) is 12.9 Å². The average molecular weight is 530 g/mol. The molecule has 2 aromatic carbocycles. The summed E-state index contributed by atoms with van der Waals surface area (Å²) >= 11 is 7.29. The second kappa shape index (κ2) is 12.0. The highest BCUT2D eigenvalue weighted by Gasteiger charge is 2.22. The molecule has 1 atom stereocenters. The van der Waals surface area contributed by atoms with Gasteiger partial charge in [-0.15, -0.1) is 29.1 Å². The van der Waals surface area contributed by atoms with Gasteiger partial charge in [0, 0.05) is 11.5 Å². The Hall–Kier alpha value is -3.09. The lowest BCUT2D eigenvalue weighted by molar-refractivity contribution is -0.144. The smallest absolute Gasteiger partial charge is 0.329 e. The van der Waals surface area contributed by atoms with Gasteiger partial charge in [0.05, 0.1) is 23.5 Å². The van der Waals surface area contributed by atoms with Gasteiger partial charge in [0.15, 0.2) is 0 Å². The fourth-order valence-corrected chi connectivity index (χ4v) is 5.33. The van der Waals surface area contributed by atoms with E-state index in [4.69, 9.17) is 9.47 Å². The Morgan fingerprint density at radius 1 is 1.23 bits per heavy atom. The van der Waals surface area contributed by atoms with Gasteiger partial charge in [-0.2, -0.15) is 11.8 Å². The normalized spacial score (nSPS) is 11.8. The van der Waals surface area contributed by atoms with Crippen LogP contribution in [-0.2, 0) is 33.2 Å². The zero-order valence-electron chi connectivity index (χ0n) is 18.8. The molecule has 182 valence electrons. The van der Waals surface area contributed by atoms with Crippen LogP contribution in [0.4, 0.5) is 0 Å². The van der Waals surface area contributed by atoms with Crippen molar-refractivity contribution in [2.24, 2.45) is 0 Å². The van der Waals surface area contributed by atoms with Gasteiger partial charge in [-0.25, -0.2) is 14.5 Å². The van der Waals surface area contributed by atoms with E-state index in [-0.39, 0.29) is 19.1 Å². The maximum atomic E-state index is 12.5. The largest absolute Gasteiger partial charge is 0.487 e. The Balaban J connectivity index is 1.27. The summed E-state index contributed by atoms with van der Waals surface area (Å²) in [6.07, 6.45) is 1.63. The van der Waals surface area contributed by atoms with E-state index in [9.17, 15) is 9.59 Å². The highest BCUT2D eigenvalue weighted by molar-refractivity contribution is 7.98. The summed E-state index contributed by atoms with van der Waals surface area (Å²) in [6, 6.07) is 14.7. The molecule has 4 aromatic rings. The lowest BCUT2D eigenvalue weighted by Crippen LogP contribution is -2.44. The second-order valence-corrected chi connectivity index (χ2v) is 10.3. The Kier molecular flexibility index (Phi) is 8.61. The molecule has 0 saturated heterocycles.